The number of carbonyl (C=O) groups excluding carboxylic acids is 2. The van der Waals surface area contributed by atoms with Crippen LogP contribution < -0.4 is 9.46 Å². The van der Waals surface area contributed by atoms with Crippen molar-refractivity contribution in [2.45, 2.75) is 0 Å². The Labute approximate surface area is 102 Å². The van der Waals surface area contributed by atoms with Crippen LogP contribution in [0, 0.1) is 0 Å². The second kappa shape index (κ2) is 4.62. The van der Waals surface area contributed by atoms with Gasteiger partial charge in [0.15, 0.2) is 0 Å². The molecule has 0 saturated carbocycles. The summed E-state index contributed by atoms with van der Waals surface area (Å²) in [4.78, 5) is 23.7. The number of ketones is 2. The summed E-state index contributed by atoms with van der Waals surface area (Å²) in [6, 6.07) is 8.68. The van der Waals surface area contributed by atoms with Crippen LogP contribution in [0.3, 0.4) is 0 Å². The van der Waals surface area contributed by atoms with Crippen molar-refractivity contribution >= 4 is 11.6 Å². The zero-order valence-electron chi connectivity index (χ0n) is 9.22. The second-order valence-corrected chi connectivity index (χ2v) is 3.52. The average molecular weight is 246 g/mol. The molecule has 0 unspecified atom stereocenters. The van der Waals surface area contributed by atoms with Crippen molar-refractivity contribution in [2.24, 2.45) is 0 Å². The highest BCUT2D eigenvalue weighted by Gasteiger charge is 2.33. The summed E-state index contributed by atoms with van der Waals surface area (Å²) < 4.78 is 1.12. The first-order valence-corrected chi connectivity index (χ1v) is 5.10. The van der Waals surface area contributed by atoms with E-state index in [1.807, 2.05) is 0 Å². The van der Waals surface area contributed by atoms with Gasteiger partial charge in [-0.05, 0) is 12.1 Å². The first-order chi connectivity index (χ1) is 8.61. The molecule has 0 aliphatic heterocycles. The molecule has 2 rings (SSSR count). The van der Waals surface area contributed by atoms with Crippen LogP contribution in [0.4, 0.5) is 0 Å². The predicted molar refractivity (Wildman–Crippen MR) is 56.3 cm³/mol. The zero-order valence-corrected chi connectivity index (χ0v) is 9.22. The third-order valence-corrected chi connectivity index (χ3v) is 2.35. The lowest BCUT2D eigenvalue weighted by atomic mass is 10.1. The Hall–Kier alpha value is -2.76. The van der Waals surface area contributed by atoms with E-state index in [9.17, 15) is 20.0 Å². The number of carbonyl (C=O) groups is 2. The van der Waals surface area contributed by atoms with E-state index in [2.05, 4.69) is 0 Å². The molecule has 0 aliphatic carbocycles. The molecule has 2 aromatic heterocycles. The molecule has 0 atom stereocenters. The molecule has 2 heterocycles. The summed E-state index contributed by atoms with van der Waals surface area (Å²) in [5.74, 6) is -1.82. The standard InChI is InChI=1S/C12H10N2O4/c15-11(9-5-1-3-7-13(9)17)12(16)10-6-2-4-8-14(10)18/h1-8,17-18H/q+2. The van der Waals surface area contributed by atoms with Crippen molar-refractivity contribution < 1.29 is 29.5 Å². The molecule has 2 aromatic rings. The summed E-state index contributed by atoms with van der Waals surface area (Å²) in [5, 5.41) is 18.8. The van der Waals surface area contributed by atoms with Crippen molar-refractivity contribution in [1.29, 1.82) is 0 Å². The van der Waals surface area contributed by atoms with Gasteiger partial charge in [0.25, 0.3) is 0 Å². The largest absolute Gasteiger partial charge is 0.308 e. The van der Waals surface area contributed by atoms with E-state index in [1.54, 1.807) is 0 Å². The van der Waals surface area contributed by atoms with Crippen molar-refractivity contribution in [2.75, 3.05) is 0 Å². The van der Waals surface area contributed by atoms with Gasteiger partial charge in [-0.25, -0.2) is 0 Å². The average Bonchev–Trinajstić information content (AvgIpc) is 2.38. The van der Waals surface area contributed by atoms with E-state index in [0.29, 0.717) is 9.46 Å². The summed E-state index contributed by atoms with van der Waals surface area (Å²) in [6.07, 6.45) is 2.47. The number of hydrogen-bond donors (Lipinski definition) is 2. The first kappa shape index (κ1) is 11.7. The van der Waals surface area contributed by atoms with Crippen LogP contribution in [0.2, 0.25) is 0 Å². The molecule has 6 heteroatoms. The highest BCUT2D eigenvalue weighted by molar-refractivity contribution is 6.47. The fourth-order valence-corrected chi connectivity index (χ4v) is 1.46. The van der Waals surface area contributed by atoms with Crippen LogP contribution in [-0.4, -0.2) is 22.0 Å². The number of pyridine rings is 2. The molecule has 0 aliphatic rings. The Morgan fingerprint density at radius 2 is 1.17 bits per heavy atom. The quantitative estimate of drug-likeness (QED) is 0.340. The van der Waals surface area contributed by atoms with Gasteiger partial charge in [0.05, 0.1) is 0 Å². The van der Waals surface area contributed by atoms with Gasteiger partial charge in [0.2, 0.25) is 12.4 Å². The minimum absolute atomic E-state index is 0.175. The van der Waals surface area contributed by atoms with Gasteiger partial charge in [-0.1, -0.05) is 0 Å². The van der Waals surface area contributed by atoms with Crippen LogP contribution in [0.1, 0.15) is 21.0 Å². The van der Waals surface area contributed by atoms with Gasteiger partial charge in [0, 0.05) is 33.7 Å². The number of aromatic nitrogens is 2. The van der Waals surface area contributed by atoms with Crippen LogP contribution >= 0.6 is 0 Å². The minimum atomic E-state index is -0.910. The van der Waals surface area contributed by atoms with Crippen molar-refractivity contribution in [3.05, 3.63) is 60.2 Å². The Kier molecular flexibility index (Phi) is 3.01. The lowest BCUT2D eigenvalue weighted by molar-refractivity contribution is -0.906. The number of nitrogens with zero attached hydrogens (tertiary/aromatic N) is 2. The molecule has 0 amide bonds. The number of Topliss-reactive ketones (excluding diaryl/α,β-unsaturated/α-hetero) is 2. The summed E-state index contributed by atoms with van der Waals surface area (Å²) in [6.45, 7) is 0. The third kappa shape index (κ3) is 2.03. The van der Waals surface area contributed by atoms with Gasteiger partial charge < -0.3 is 0 Å². The first-order valence-electron chi connectivity index (χ1n) is 5.10. The third-order valence-electron chi connectivity index (χ3n) is 2.35. The van der Waals surface area contributed by atoms with E-state index < -0.39 is 11.6 Å². The second-order valence-electron chi connectivity index (χ2n) is 3.52. The summed E-state index contributed by atoms with van der Waals surface area (Å²) in [7, 11) is 0. The van der Waals surface area contributed by atoms with E-state index in [0.717, 1.165) is 0 Å². The maximum atomic E-state index is 11.9. The maximum absolute atomic E-state index is 11.9. The summed E-state index contributed by atoms with van der Waals surface area (Å²) >= 11 is 0. The zero-order chi connectivity index (χ0) is 13.1. The normalized spacial score (nSPS) is 10.0. The Bertz CT molecular complexity index is 569. The lowest BCUT2D eigenvalue weighted by Gasteiger charge is -1.94. The monoisotopic (exact) mass is 246 g/mol. The molecule has 0 aromatic carbocycles. The smallest absolute Gasteiger partial charge is 0.284 e. The molecule has 90 valence electrons. The Morgan fingerprint density at radius 3 is 1.50 bits per heavy atom. The highest BCUT2D eigenvalue weighted by Crippen LogP contribution is 2.00. The lowest BCUT2D eigenvalue weighted by Crippen LogP contribution is -2.43. The molecule has 0 radical (unpaired) electrons. The molecule has 2 N–H and O–H groups in total. The van der Waals surface area contributed by atoms with E-state index in [-0.39, 0.29) is 11.4 Å². The van der Waals surface area contributed by atoms with E-state index >= 15 is 0 Å². The maximum Gasteiger partial charge on any atom is 0.308 e. The van der Waals surface area contributed by atoms with E-state index in [1.165, 1.54) is 48.8 Å². The van der Waals surface area contributed by atoms with Gasteiger partial charge in [0.1, 0.15) is 0 Å². The van der Waals surface area contributed by atoms with Gasteiger partial charge >= 0.3 is 23.0 Å². The minimum Gasteiger partial charge on any atom is -0.284 e. The number of hydrogen-bond acceptors (Lipinski definition) is 4. The molecular formula is C12H10N2O4+2. The van der Waals surface area contributed by atoms with Crippen molar-refractivity contribution in [3.63, 3.8) is 0 Å². The SMILES string of the molecule is O=C(C(=O)c1cccc[n+]1O)c1cccc[n+]1O. The molecule has 18 heavy (non-hydrogen) atoms. The topological polar surface area (TPSA) is 82.4 Å². The fraction of sp³-hybridized carbons (Fsp3) is 0. The molecule has 0 spiro atoms. The van der Waals surface area contributed by atoms with Crippen LogP contribution in [-0.2, 0) is 0 Å². The molecule has 0 saturated heterocycles. The number of rotatable bonds is 3. The van der Waals surface area contributed by atoms with Crippen molar-refractivity contribution in [1.82, 2.24) is 0 Å². The van der Waals surface area contributed by atoms with Crippen molar-refractivity contribution in [3.8, 4) is 0 Å². The van der Waals surface area contributed by atoms with E-state index in [4.69, 9.17) is 0 Å². The predicted octanol–water partition coefficient (Wildman–Crippen LogP) is -0.198. The fourth-order valence-electron chi connectivity index (χ4n) is 1.46. The highest BCUT2D eigenvalue weighted by atomic mass is 16.5. The van der Waals surface area contributed by atoms with Gasteiger partial charge in [-0.15, -0.1) is 0 Å². The van der Waals surface area contributed by atoms with Gasteiger partial charge in [-0.3, -0.25) is 20.0 Å². The molecular weight excluding hydrogens is 236 g/mol. The van der Waals surface area contributed by atoms with Crippen LogP contribution in [0.15, 0.2) is 48.8 Å². The Morgan fingerprint density at radius 1 is 0.778 bits per heavy atom. The molecule has 0 bridgehead atoms. The van der Waals surface area contributed by atoms with Gasteiger partial charge in [-0.2, -0.15) is 0 Å². The summed E-state index contributed by atoms with van der Waals surface area (Å²) in [5.41, 5.74) is -0.349. The molecule has 6 nitrogen and oxygen atoms in total. The Balaban J connectivity index is 2.39. The molecule has 0 fully saturated rings. The van der Waals surface area contributed by atoms with Crippen LogP contribution in [0.5, 0.6) is 0 Å². The van der Waals surface area contributed by atoms with Crippen LogP contribution in [0.25, 0.3) is 0 Å².